The van der Waals surface area contributed by atoms with E-state index < -0.39 is 30.3 Å². The summed E-state index contributed by atoms with van der Waals surface area (Å²) in [4.78, 5) is 50.1. The van der Waals surface area contributed by atoms with Crippen LogP contribution in [0.5, 0.6) is 0 Å². The Balaban J connectivity index is 1.50. The Hall–Kier alpha value is -2.77. The number of carbonyl (C=O) groups excluding carboxylic acids is 4. The van der Waals surface area contributed by atoms with Crippen molar-refractivity contribution in [2.75, 3.05) is 6.61 Å². The summed E-state index contributed by atoms with van der Waals surface area (Å²) >= 11 is 0. The number of hydrogen-bond acceptors (Lipinski definition) is 5. The zero-order valence-corrected chi connectivity index (χ0v) is 15.7. The summed E-state index contributed by atoms with van der Waals surface area (Å²) in [7, 11) is 0. The van der Waals surface area contributed by atoms with Gasteiger partial charge in [-0.3, -0.25) is 19.3 Å². The zero-order chi connectivity index (χ0) is 20.3. The van der Waals surface area contributed by atoms with E-state index in [4.69, 9.17) is 4.74 Å². The molecular formula is C20H23FN2O5. The van der Waals surface area contributed by atoms with Crippen LogP contribution in [0.1, 0.15) is 38.2 Å². The predicted octanol–water partition coefficient (Wildman–Crippen LogP) is 1.55. The van der Waals surface area contributed by atoms with Gasteiger partial charge in [0.05, 0.1) is 11.8 Å². The maximum atomic E-state index is 13.5. The third-order valence-electron chi connectivity index (χ3n) is 5.38. The lowest BCUT2D eigenvalue weighted by atomic mass is 9.81. The minimum atomic E-state index is -1.08. The highest BCUT2D eigenvalue weighted by Gasteiger charge is 2.51. The molecular weight excluding hydrogens is 367 g/mol. The first-order valence-corrected chi connectivity index (χ1v) is 9.43. The number of esters is 1. The summed E-state index contributed by atoms with van der Waals surface area (Å²) in [5.41, 5.74) is 0.311. The van der Waals surface area contributed by atoms with Gasteiger partial charge in [0, 0.05) is 12.1 Å². The van der Waals surface area contributed by atoms with Crippen LogP contribution in [-0.4, -0.2) is 41.2 Å². The van der Waals surface area contributed by atoms with Crippen molar-refractivity contribution in [3.05, 3.63) is 35.6 Å². The fourth-order valence-electron chi connectivity index (χ4n) is 3.82. The van der Waals surface area contributed by atoms with Gasteiger partial charge in [-0.15, -0.1) is 0 Å². The number of halogens is 1. The number of carbonyl (C=O) groups is 4. The number of nitrogens with one attached hydrogen (secondary N) is 1. The normalized spacial score (nSPS) is 22.6. The Kier molecular flexibility index (Phi) is 6.06. The molecule has 7 nitrogen and oxygen atoms in total. The number of ether oxygens (including phenoxy) is 1. The van der Waals surface area contributed by atoms with Gasteiger partial charge >= 0.3 is 5.97 Å². The minimum Gasteiger partial charge on any atom is -0.454 e. The fourth-order valence-corrected chi connectivity index (χ4v) is 3.82. The molecule has 0 unspecified atom stereocenters. The van der Waals surface area contributed by atoms with Gasteiger partial charge in [-0.2, -0.15) is 0 Å². The van der Waals surface area contributed by atoms with Crippen LogP contribution in [0.15, 0.2) is 24.3 Å². The summed E-state index contributed by atoms with van der Waals surface area (Å²) in [5.74, 6) is -3.22. The molecule has 2 fully saturated rings. The second-order valence-electron chi connectivity index (χ2n) is 7.20. The van der Waals surface area contributed by atoms with Gasteiger partial charge in [0.1, 0.15) is 11.9 Å². The zero-order valence-electron chi connectivity index (χ0n) is 15.7. The summed E-state index contributed by atoms with van der Waals surface area (Å²) in [6.07, 6.45) is 3.11. The van der Waals surface area contributed by atoms with Crippen LogP contribution in [-0.2, 0) is 30.5 Å². The van der Waals surface area contributed by atoms with Gasteiger partial charge in [0.25, 0.3) is 5.91 Å². The molecule has 150 valence electrons. The monoisotopic (exact) mass is 390 g/mol. The first-order chi connectivity index (χ1) is 13.4. The van der Waals surface area contributed by atoms with Crippen molar-refractivity contribution >= 4 is 23.7 Å². The molecule has 2 aliphatic rings. The average Bonchev–Trinajstić information content (AvgIpc) is 2.95. The van der Waals surface area contributed by atoms with Crippen molar-refractivity contribution in [2.45, 2.75) is 45.2 Å². The molecule has 3 atom stereocenters. The Morgan fingerprint density at radius 1 is 1.18 bits per heavy atom. The highest BCUT2D eigenvalue weighted by Crippen LogP contribution is 2.38. The first-order valence-electron chi connectivity index (χ1n) is 9.43. The van der Waals surface area contributed by atoms with Gasteiger partial charge in [0.15, 0.2) is 6.61 Å². The molecule has 1 heterocycles. The van der Waals surface area contributed by atoms with Gasteiger partial charge in [-0.25, -0.2) is 9.18 Å². The third-order valence-corrected chi connectivity index (χ3v) is 5.38. The maximum Gasteiger partial charge on any atom is 0.329 e. The Morgan fingerprint density at radius 3 is 2.39 bits per heavy atom. The lowest BCUT2D eigenvalue weighted by molar-refractivity contribution is -0.159. The lowest BCUT2D eigenvalue weighted by Crippen LogP contribution is -2.45. The van der Waals surface area contributed by atoms with Gasteiger partial charge in [-0.1, -0.05) is 31.0 Å². The van der Waals surface area contributed by atoms with Crippen LogP contribution in [0.3, 0.4) is 0 Å². The van der Waals surface area contributed by atoms with Gasteiger partial charge in [-0.05, 0) is 25.8 Å². The Labute approximate surface area is 162 Å². The minimum absolute atomic E-state index is 0.0366. The lowest BCUT2D eigenvalue weighted by Gasteiger charge is -2.21. The van der Waals surface area contributed by atoms with Gasteiger partial charge < -0.3 is 10.1 Å². The van der Waals surface area contributed by atoms with E-state index in [1.165, 1.54) is 19.1 Å². The van der Waals surface area contributed by atoms with E-state index in [9.17, 15) is 23.6 Å². The number of benzene rings is 1. The van der Waals surface area contributed by atoms with E-state index in [1.54, 1.807) is 12.1 Å². The molecule has 0 spiro atoms. The number of amides is 3. The molecule has 0 aromatic heterocycles. The summed E-state index contributed by atoms with van der Waals surface area (Å²) in [5, 5.41) is 2.46. The van der Waals surface area contributed by atoms with E-state index in [0.717, 1.165) is 17.7 Å². The van der Waals surface area contributed by atoms with Crippen molar-refractivity contribution in [3.63, 3.8) is 0 Å². The highest BCUT2D eigenvalue weighted by atomic mass is 19.1. The largest absolute Gasteiger partial charge is 0.454 e. The maximum absolute atomic E-state index is 13.5. The molecule has 1 saturated carbocycles. The number of imide groups is 1. The molecule has 3 amide bonds. The predicted molar refractivity (Wildman–Crippen MR) is 96.0 cm³/mol. The van der Waals surface area contributed by atoms with Crippen LogP contribution in [0.2, 0.25) is 0 Å². The molecule has 1 aromatic rings. The smallest absolute Gasteiger partial charge is 0.329 e. The van der Waals surface area contributed by atoms with Gasteiger partial charge in [0.2, 0.25) is 11.8 Å². The van der Waals surface area contributed by atoms with E-state index in [1.807, 2.05) is 0 Å². The summed E-state index contributed by atoms with van der Waals surface area (Å²) in [6.45, 7) is 0.818. The molecule has 1 N–H and O–H groups in total. The van der Waals surface area contributed by atoms with Crippen molar-refractivity contribution in [3.8, 4) is 0 Å². The van der Waals surface area contributed by atoms with E-state index in [-0.39, 0.29) is 30.2 Å². The summed E-state index contributed by atoms with van der Waals surface area (Å²) < 4.78 is 18.5. The van der Waals surface area contributed by atoms with Crippen LogP contribution >= 0.6 is 0 Å². The highest BCUT2D eigenvalue weighted by molar-refractivity contribution is 6.07. The fraction of sp³-hybridized carbons (Fsp3) is 0.500. The number of nitrogens with zero attached hydrogens (tertiary/aromatic N) is 1. The van der Waals surface area contributed by atoms with Crippen LogP contribution in [0, 0.1) is 17.7 Å². The second kappa shape index (κ2) is 8.50. The van der Waals surface area contributed by atoms with Crippen molar-refractivity contribution < 1.29 is 28.3 Å². The van der Waals surface area contributed by atoms with Crippen molar-refractivity contribution in [2.24, 2.45) is 11.8 Å². The Bertz CT molecular complexity index is 773. The van der Waals surface area contributed by atoms with Crippen LogP contribution < -0.4 is 5.32 Å². The van der Waals surface area contributed by atoms with Crippen molar-refractivity contribution in [1.82, 2.24) is 10.2 Å². The molecule has 0 bridgehead atoms. The summed E-state index contributed by atoms with van der Waals surface area (Å²) in [6, 6.07) is 4.93. The third kappa shape index (κ3) is 4.05. The number of rotatable bonds is 6. The quantitative estimate of drug-likeness (QED) is 0.588. The molecule has 28 heavy (non-hydrogen) atoms. The molecule has 1 aromatic carbocycles. The number of fused-ring (bicyclic) bond motifs is 1. The van der Waals surface area contributed by atoms with E-state index in [2.05, 4.69) is 5.32 Å². The average molecular weight is 390 g/mol. The standard InChI is InChI=1S/C20H23FN2O5/c1-12(23-18(25)14-7-3-4-8-15(14)19(23)26)20(27)28-11-17(24)22-10-13-6-2-5-9-16(13)21/h2,5-6,9,12,14-15H,3-4,7-8,10-11H2,1H3,(H,22,24)/t12-,14-,15-/m0/s1. The molecule has 3 rings (SSSR count). The molecule has 1 aliphatic heterocycles. The Morgan fingerprint density at radius 2 is 1.79 bits per heavy atom. The molecule has 1 saturated heterocycles. The SMILES string of the molecule is C[C@@H](C(=O)OCC(=O)NCc1ccccc1F)N1C(=O)[C@H]2CCCC[C@@H]2C1=O. The second-order valence-corrected chi connectivity index (χ2v) is 7.20. The van der Waals surface area contributed by atoms with Crippen molar-refractivity contribution in [1.29, 1.82) is 0 Å². The van der Waals surface area contributed by atoms with Crippen LogP contribution in [0.4, 0.5) is 4.39 Å². The van der Waals surface area contributed by atoms with Crippen LogP contribution in [0.25, 0.3) is 0 Å². The topological polar surface area (TPSA) is 92.8 Å². The first kappa shape index (κ1) is 20.0. The van der Waals surface area contributed by atoms with E-state index >= 15 is 0 Å². The molecule has 1 aliphatic carbocycles. The molecule has 0 radical (unpaired) electrons. The van der Waals surface area contributed by atoms with E-state index in [0.29, 0.717) is 18.4 Å². The number of hydrogen-bond donors (Lipinski definition) is 1. The molecule has 8 heteroatoms. The number of likely N-dealkylation sites (tertiary alicyclic amines) is 1.